The Labute approximate surface area is 590 Å². The summed E-state index contributed by atoms with van der Waals surface area (Å²) in [5, 5.41) is 7.50. The number of hydrogen-bond donors (Lipinski definition) is 0. The molecule has 0 amide bonds. The molecule has 0 atom stereocenters. The molecule has 6 aromatic carbocycles. The van der Waals surface area contributed by atoms with Crippen LogP contribution in [0.25, 0.3) is 76.6 Å². The molecule has 8 aromatic heterocycles. The van der Waals surface area contributed by atoms with Gasteiger partial charge in [0.25, 0.3) is 0 Å². The SMILES string of the molecule is CC.CC.CC.CC.CC.CC.CC.Cc1ccc2cc(C)ccc2c1.Cc1ccc2cc(C)ncc2c1.Cc1ccc2nc(C)ccc2c1.Cc1ccc2nc(C)ccc2n1.Cc1ccc2nc(C)cnc2c1.Cc1ccc2nc(C)cnc2c1.Cc1cnc2nc(C)ccc2c1. The molecule has 0 saturated carbocycles. The molecule has 10 nitrogen and oxygen atoms in total. The lowest BCUT2D eigenvalue weighted by atomic mass is 10.1. The minimum Gasteiger partial charge on any atom is -0.261 e. The molecular weight excluding hydrogens is 1200 g/mol. The van der Waals surface area contributed by atoms with E-state index in [0.29, 0.717) is 0 Å². The first-order valence-electron chi connectivity index (χ1n) is 35.2. The third-order valence-corrected chi connectivity index (χ3v) is 13.4. The molecule has 0 unspecified atom stereocenters. The Morgan fingerprint density at radius 3 is 0.888 bits per heavy atom. The Bertz CT molecular complexity index is 3470. The van der Waals surface area contributed by atoms with Gasteiger partial charge in [-0.1, -0.05) is 192 Å². The van der Waals surface area contributed by atoms with Crippen LogP contribution in [0.1, 0.15) is 176 Å². The molecule has 0 N–H and O–H groups in total. The van der Waals surface area contributed by atoms with Gasteiger partial charge in [-0.25, -0.2) is 19.9 Å². The molecule has 0 saturated heterocycles. The Hall–Kier alpha value is -9.80. The Kier molecular flexibility index (Phi) is 42.2. The fourth-order valence-electron chi connectivity index (χ4n) is 9.06. The average Bonchev–Trinajstić information content (AvgIpc) is 0.986. The summed E-state index contributed by atoms with van der Waals surface area (Å²) in [5.41, 5.74) is 23.8. The number of benzene rings is 6. The van der Waals surface area contributed by atoms with Crippen molar-refractivity contribution in [3.63, 3.8) is 0 Å². The highest BCUT2D eigenvalue weighted by atomic mass is 14.8. The number of aryl methyl sites for hydroxylation is 14. The van der Waals surface area contributed by atoms with Gasteiger partial charge in [0.2, 0.25) is 0 Å². The summed E-state index contributed by atoms with van der Waals surface area (Å²) in [7, 11) is 0. The van der Waals surface area contributed by atoms with E-state index >= 15 is 0 Å². The van der Waals surface area contributed by atoms with Crippen molar-refractivity contribution in [1.82, 2.24) is 49.8 Å². The molecule has 0 aliphatic carbocycles. The lowest BCUT2D eigenvalue weighted by Crippen LogP contribution is -1.87. The van der Waals surface area contributed by atoms with E-state index in [-0.39, 0.29) is 0 Å². The topological polar surface area (TPSA) is 129 Å². The van der Waals surface area contributed by atoms with Crippen LogP contribution in [-0.4, -0.2) is 49.8 Å². The van der Waals surface area contributed by atoms with Crippen LogP contribution in [-0.2, 0) is 0 Å². The molecule has 0 bridgehead atoms. The highest BCUT2D eigenvalue weighted by Gasteiger charge is 2.01. The normalized spacial score (nSPS) is 9.43. The quantitative estimate of drug-likeness (QED) is 0.145. The molecule has 0 radical (unpaired) electrons. The Morgan fingerprint density at radius 2 is 0.449 bits per heavy atom. The molecule has 14 rings (SSSR count). The maximum atomic E-state index is 4.42. The Balaban J connectivity index is 0.000000554. The smallest absolute Gasteiger partial charge is 0.159 e. The van der Waals surface area contributed by atoms with Crippen LogP contribution in [0, 0.1) is 96.9 Å². The number of aromatic nitrogens is 10. The molecule has 98 heavy (non-hydrogen) atoms. The van der Waals surface area contributed by atoms with E-state index in [0.717, 1.165) is 89.5 Å². The van der Waals surface area contributed by atoms with Crippen LogP contribution in [0.4, 0.5) is 0 Å². The fourth-order valence-corrected chi connectivity index (χ4v) is 9.06. The van der Waals surface area contributed by atoms with Crippen molar-refractivity contribution in [2.45, 2.75) is 194 Å². The van der Waals surface area contributed by atoms with E-state index in [1.165, 1.54) is 65.9 Å². The van der Waals surface area contributed by atoms with E-state index in [1.807, 2.05) is 225 Å². The van der Waals surface area contributed by atoms with Crippen molar-refractivity contribution in [2.75, 3.05) is 0 Å². The number of pyridine rings is 6. The highest BCUT2D eigenvalue weighted by Crippen LogP contribution is 2.19. The molecule has 0 aliphatic heterocycles. The van der Waals surface area contributed by atoms with Crippen LogP contribution < -0.4 is 0 Å². The summed E-state index contributed by atoms with van der Waals surface area (Å²) in [6.07, 6.45) is 7.36. The van der Waals surface area contributed by atoms with Crippen molar-refractivity contribution in [1.29, 1.82) is 0 Å². The molecule has 14 aromatic rings. The van der Waals surface area contributed by atoms with Crippen molar-refractivity contribution < 1.29 is 0 Å². The third-order valence-electron chi connectivity index (χ3n) is 13.4. The lowest BCUT2D eigenvalue weighted by Gasteiger charge is -1.99. The average molecular weight is 1310 g/mol. The molecule has 0 aliphatic rings. The van der Waals surface area contributed by atoms with E-state index in [9.17, 15) is 0 Å². The van der Waals surface area contributed by atoms with Gasteiger partial charge in [-0.2, -0.15) is 0 Å². The predicted octanol–water partition coefficient (Wildman–Crippen LogP) is 25.3. The first-order valence-corrected chi connectivity index (χ1v) is 35.2. The largest absolute Gasteiger partial charge is 0.261 e. The van der Waals surface area contributed by atoms with Gasteiger partial charge in [-0.05, 0) is 227 Å². The summed E-state index contributed by atoms with van der Waals surface area (Å²) in [5.74, 6) is 0. The molecule has 8 heterocycles. The number of fused-ring (bicyclic) bond motifs is 7. The van der Waals surface area contributed by atoms with E-state index in [2.05, 4.69) is 201 Å². The van der Waals surface area contributed by atoms with Crippen LogP contribution in [0.15, 0.2) is 195 Å². The third kappa shape index (κ3) is 30.1. The van der Waals surface area contributed by atoms with Gasteiger partial charge in [-0.3, -0.25) is 29.9 Å². The maximum Gasteiger partial charge on any atom is 0.159 e. The lowest BCUT2D eigenvalue weighted by molar-refractivity contribution is 1.18. The molecular formula is C88H116N10. The maximum absolute atomic E-state index is 4.42. The number of hydrogen-bond acceptors (Lipinski definition) is 10. The van der Waals surface area contributed by atoms with Crippen LogP contribution >= 0.6 is 0 Å². The summed E-state index contributed by atoms with van der Waals surface area (Å²) >= 11 is 0. The summed E-state index contributed by atoms with van der Waals surface area (Å²) in [6.45, 7) is 56.5. The predicted molar refractivity (Wildman–Crippen MR) is 431 cm³/mol. The zero-order valence-corrected chi connectivity index (χ0v) is 64.9. The number of nitrogens with zero attached hydrogens (tertiary/aromatic N) is 10. The second-order valence-electron chi connectivity index (χ2n) is 21.6. The zero-order chi connectivity index (χ0) is 73.9. The van der Waals surface area contributed by atoms with Gasteiger partial charge in [0.1, 0.15) is 0 Å². The monoisotopic (exact) mass is 1310 g/mol. The second kappa shape index (κ2) is 48.0. The van der Waals surface area contributed by atoms with E-state index < -0.39 is 0 Å². The van der Waals surface area contributed by atoms with Crippen molar-refractivity contribution in [2.24, 2.45) is 0 Å². The minimum atomic E-state index is 0.834. The van der Waals surface area contributed by atoms with Gasteiger partial charge in [0.05, 0.1) is 50.0 Å². The van der Waals surface area contributed by atoms with Crippen LogP contribution in [0.3, 0.4) is 0 Å². The van der Waals surface area contributed by atoms with E-state index in [4.69, 9.17) is 0 Å². The summed E-state index contributed by atoms with van der Waals surface area (Å²) in [4.78, 5) is 43.2. The molecule has 10 heteroatoms. The van der Waals surface area contributed by atoms with Gasteiger partial charge >= 0.3 is 0 Å². The second-order valence-corrected chi connectivity index (χ2v) is 21.6. The van der Waals surface area contributed by atoms with Gasteiger partial charge < -0.3 is 0 Å². The molecule has 518 valence electrons. The van der Waals surface area contributed by atoms with Crippen LogP contribution in [0.2, 0.25) is 0 Å². The highest BCUT2D eigenvalue weighted by molar-refractivity contribution is 5.84. The molecule has 0 fully saturated rings. The first-order chi connectivity index (χ1) is 47.3. The molecule has 0 spiro atoms. The standard InChI is InChI=1S/C12H12.2C11H11N.4C10H10N2.7C2H6/c1-9-3-5-12-8-10(2)4-6-11(12)7-9;1-8-3-6-11-10(7-8)5-4-9(2)12-11;1-8-3-4-10-6-9(2)12-7-11(10)5-8;1-7-3-5-10-9(11-7)6-4-8(2)12-10;1-7-5-9-4-3-8(2)12-10(9)11-6-7;2*1-7-3-4-9-10(5-7)11-6-8(2)12-9;7*1-2/h3-8H,1-2H3;2*3-7H,1-2H3;4*3-6H,1-2H3;7*1-2H3. The first kappa shape index (κ1) is 86.2. The fraction of sp³-hybridized carbons (Fsp3) is 0.318. The van der Waals surface area contributed by atoms with Gasteiger partial charge in [-0.15, -0.1) is 0 Å². The van der Waals surface area contributed by atoms with E-state index in [1.54, 1.807) is 12.4 Å². The number of rotatable bonds is 0. The van der Waals surface area contributed by atoms with Crippen molar-refractivity contribution in [3.05, 3.63) is 273 Å². The minimum absolute atomic E-state index is 0.834. The zero-order valence-electron chi connectivity index (χ0n) is 64.9. The van der Waals surface area contributed by atoms with Crippen molar-refractivity contribution >= 4 is 76.6 Å². The summed E-state index contributed by atoms with van der Waals surface area (Å²) < 4.78 is 0. The summed E-state index contributed by atoms with van der Waals surface area (Å²) in [6, 6.07) is 58.4. The van der Waals surface area contributed by atoms with Gasteiger partial charge in [0.15, 0.2) is 5.65 Å². The van der Waals surface area contributed by atoms with Crippen LogP contribution in [0.5, 0.6) is 0 Å². The van der Waals surface area contributed by atoms with Crippen molar-refractivity contribution in [3.8, 4) is 0 Å². The van der Waals surface area contributed by atoms with Gasteiger partial charge in [0, 0.05) is 69.4 Å². The Morgan fingerprint density at radius 1 is 0.163 bits per heavy atom.